The second kappa shape index (κ2) is 8.42. The van der Waals surface area contributed by atoms with Crippen molar-refractivity contribution in [3.05, 3.63) is 33.9 Å². The number of carbonyl (C=O) groups is 1. The third kappa shape index (κ3) is 4.13. The number of aromatic amines is 1. The predicted octanol–water partition coefficient (Wildman–Crippen LogP) is 2.49. The van der Waals surface area contributed by atoms with Crippen LogP contribution >= 0.6 is 0 Å². The van der Waals surface area contributed by atoms with Crippen molar-refractivity contribution in [2.75, 3.05) is 13.7 Å². The summed E-state index contributed by atoms with van der Waals surface area (Å²) in [6, 6.07) is 1.56. The number of hydrogen-bond donors (Lipinski definition) is 1. The minimum absolute atomic E-state index is 0.238. The van der Waals surface area contributed by atoms with Crippen molar-refractivity contribution >= 4 is 17.0 Å². The van der Waals surface area contributed by atoms with E-state index in [1.807, 2.05) is 13.8 Å². The standard InChI is InChI=1S/C20H25N5O4/c1-6-7-14-15-16(24-25(14)4)18(26)23-17(22-15)13-8-12(20(27)28-5)9-21-19(13)29-10-11(2)3/h8-9,11H,6-7,10H2,1-5H3,(H,22,23,26). The SMILES string of the molecule is CCCc1c2nc(-c3cc(C(=O)OC)cnc3OCC(C)C)[nH]c(=O)c2nn1C. The van der Waals surface area contributed by atoms with Gasteiger partial charge in [-0.15, -0.1) is 0 Å². The van der Waals surface area contributed by atoms with Crippen LogP contribution in [0.4, 0.5) is 0 Å². The number of rotatable bonds is 7. The van der Waals surface area contributed by atoms with E-state index in [9.17, 15) is 9.59 Å². The maximum Gasteiger partial charge on any atom is 0.339 e. The van der Waals surface area contributed by atoms with Crippen LogP contribution < -0.4 is 10.3 Å². The molecule has 3 aromatic rings. The minimum atomic E-state index is -0.536. The Morgan fingerprint density at radius 2 is 2.07 bits per heavy atom. The number of nitrogens with one attached hydrogen (secondary N) is 1. The van der Waals surface area contributed by atoms with E-state index in [2.05, 4.69) is 27.0 Å². The van der Waals surface area contributed by atoms with Crippen molar-refractivity contribution in [1.82, 2.24) is 24.7 Å². The van der Waals surface area contributed by atoms with Gasteiger partial charge in [-0.05, 0) is 18.4 Å². The Bertz CT molecular complexity index is 1100. The lowest BCUT2D eigenvalue weighted by Crippen LogP contribution is -2.13. The van der Waals surface area contributed by atoms with Crippen LogP contribution in [0, 0.1) is 5.92 Å². The van der Waals surface area contributed by atoms with Gasteiger partial charge in [0.2, 0.25) is 5.88 Å². The number of methoxy groups -OCH3 is 1. The van der Waals surface area contributed by atoms with E-state index in [-0.39, 0.29) is 34.3 Å². The summed E-state index contributed by atoms with van der Waals surface area (Å²) in [5.41, 5.74) is 1.98. The summed E-state index contributed by atoms with van der Waals surface area (Å²) in [7, 11) is 3.09. The summed E-state index contributed by atoms with van der Waals surface area (Å²) in [5, 5.41) is 4.30. The van der Waals surface area contributed by atoms with Crippen LogP contribution in [0.15, 0.2) is 17.1 Å². The topological polar surface area (TPSA) is 112 Å². The van der Waals surface area contributed by atoms with Crippen LogP contribution in [-0.2, 0) is 18.2 Å². The molecule has 0 saturated heterocycles. The van der Waals surface area contributed by atoms with E-state index in [1.54, 1.807) is 17.8 Å². The van der Waals surface area contributed by atoms with E-state index in [0.717, 1.165) is 18.5 Å². The van der Waals surface area contributed by atoms with Crippen LogP contribution in [0.1, 0.15) is 43.2 Å². The first-order valence-corrected chi connectivity index (χ1v) is 9.53. The summed E-state index contributed by atoms with van der Waals surface area (Å²) in [6.07, 6.45) is 3.01. The Hall–Kier alpha value is -3.23. The zero-order valence-corrected chi connectivity index (χ0v) is 17.3. The van der Waals surface area contributed by atoms with E-state index < -0.39 is 5.97 Å². The van der Waals surface area contributed by atoms with Crippen LogP contribution in [0.2, 0.25) is 0 Å². The van der Waals surface area contributed by atoms with Gasteiger partial charge in [-0.1, -0.05) is 27.2 Å². The molecule has 0 amide bonds. The first-order chi connectivity index (χ1) is 13.8. The molecule has 0 aliphatic rings. The van der Waals surface area contributed by atoms with Gasteiger partial charge < -0.3 is 14.5 Å². The number of H-pyrrole nitrogens is 1. The molecule has 3 heterocycles. The fourth-order valence-electron chi connectivity index (χ4n) is 2.98. The lowest BCUT2D eigenvalue weighted by Gasteiger charge is -2.12. The maximum absolute atomic E-state index is 12.7. The Morgan fingerprint density at radius 1 is 1.31 bits per heavy atom. The number of ether oxygens (including phenoxy) is 2. The monoisotopic (exact) mass is 399 g/mol. The lowest BCUT2D eigenvalue weighted by atomic mass is 10.1. The van der Waals surface area contributed by atoms with E-state index in [0.29, 0.717) is 17.7 Å². The van der Waals surface area contributed by atoms with Crippen LogP contribution in [0.5, 0.6) is 5.88 Å². The van der Waals surface area contributed by atoms with Gasteiger partial charge in [0.25, 0.3) is 5.56 Å². The highest BCUT2D eigenvalue weighted by atomic mass is 16.5. The normalized spacial score (nSPS) is 11.2. The molecular weight excluding hydrogens is 374 g/mol. The summed E-state index contributed by atoms with van der Waals surface area (Å²) >= 11 is 0. The number of hydrogen-bond acceptors (Lipinski definition) is 7. The molecule has 0 bridgehead atoms. The molecule has 9 heteroatoms. The Labute approximate surface area is 168 Å². The molecule has 1 N–H and O–H groups in total. The van der Waals surface area contributed by atoms with Crippen LogP contribution in [0.3, 0.4) is 0 Å². The number of carbonyl (C=O) groups excluding carboxylic acids is 1. The summed E-state index contributed by atoms with van der Waals surface area (Å²) in [5.74, 6) is 0.291. The number of aryl methyl sites for hydroxylation is 2. The third-order valence-electron chi connectivity index (χ3n) is 4.38. The Morgan fingerprint density at radius 3 is 2.72 bits per heavy atom. The number of esters is 1. The minimum Gasteiger partial charge on any atom is -0.477 e. The van der Waals surface area contributed by atoms with Gasteiger partial charge in [0, 0.05) is 13.2 Å². The van der Waals surface area contributed by atoms with Crippen molar-refractivity contribution in [2.24, 2.45) is 13.0 Å². The number of fused-ring (bicyclic) bond motifs is 1. The van der Waals surface area contributed by atoms with E-state index in [4.69, 9.17) is 9.47 Å². The fourth-order valence-corrected chi connectivity index (χ4v) is 2.98. The van der Waals surface area contributed by atoms with Crippen molar-refractivity contribution < 1.29 is 14.3 Å². The molecule has 0 saturated carbocycles. The zero-order chi connectivity index (χ0) is 21.1. The second-order valence-electron chi connectivity index (χ2n) is 7.21. The second-order valence-corrected chi connectivity index (χ2v) is 7.21. The van der Waals surface area contributed by atoms with Crippen LogP contribution in [-0.4, -0.2) is 44.4 Å². The Kier molecular flexibility index (Phi) is 5.95. The molecule has 0 radical (unpaired) electrons. The molecular formula is C20H25N5O4. The zero-order valence-electron chi connectivity index (χ0n) is 17.3. The van der Waals surface area contributed by atoms with Crippen molar-refractivity contribution in [3.63, 3.8) is 0 Å². The quantitative estimate of drug-likeness (QED) is 0.607. The van der Waals surface area contributed by atoms with Gasteiger partial charge in [0.05, 0.1) is 30.5 Å². The highest BCUT2D eigenvalue weighted by Crippen LogP contribution is 2.28. The third-order valence-corrected chi connectivity index (χ3v) is 4.38. The molecule has 0 aromatic carbocycles. The molecule has 3 aromatic heterocycles. The molecule has 0 atom stereocenters. The fraction of sp³-hybridized carbons (Fsp3) is 0.450. The summed E-state index contributed by atoms with van der Waals surface area (Å²) < 4.78 is 12.3. The maximum atomic E-state index is 12.7. The van der Waals surface area contributed by atoms with Crippen LogP contribution in [0.25, 0.3) is 22.4 Å². The molecule has 29 heavy (non-hydrogen) atoms. The molecule has 0 aliphatic carbocycles. The highest BCUT2D eigenvalue weighted by molar-refractivity contribution is 5.91. The summed E-state index contributed by atoms with van der Waals surface area (Å²) in [6.45, 7) is 6.51. The molecule has 9 nitrogen and oxygen atoms in total. The molecule has 0 fully saturated rings. The average Bonchev–Trinajstić information content (AvgIpc) is 3.02. The molecule has 154 valence electrons. The average molecular weight is 399 g/mol. The van der Waals surface area contributed by atoms with E-state index in [1.165, 1.54) is 13.3 Å². The Balaban J connectivity index is 2.21. The van der Waals surface area contributed by atoms with Crippen molar-refractivity contribution in [1.29, 1.82) is 0 Å². The number of aromatic nitrogens is 5. The first kappa shape index (κ1) is 20.5. The van der Waals surface area contributed by atoms with Crippen molar-refractivity contribution in [3.8, 4) is 17.3 Å². The van der Waals surface area contributed by atoms with Gasteiger partial charge >= 0.3 is 5.97 Å². The van der Waals surface area contributed by atoms with E-state index >= 15 is 0 Å². The predicted molar refractivity (Wildman–Crippen MR) is 108 cm³/mol. The van der Waals surface area contributed by atoms with Gasteiger partial charge in [-0.2, -0.15) is 5.10 Å². The first-order valence-electron chi connectivity index (χ1n) is 9.53. The largest absolute Gasteiger partial charge is 0.477 e. The molecule has 0 unspecified atom stereocenters. The van der Waals surface area contributed by atoms with Gasteiger partial charge in [-0.3, -0.25) is 9.48 Å². The van der Waals surface area contributed by atoms with Crippen molar-refractivity contribution in [2.45, 2.75) is 33.6 Å². The highest BCUT2D eigenvalue weighted by Gasteiger charge is 2.20. The molecule has 0 spiro atoms. The van der Waals surface area contributed by atoms with Gasteiger partial charge in [-0.25, -0.2) is 14.8 Å². The lowest BCUT2D eigenvalue weighted by molar-refractivity contribution is 0.0600. The number of pyridine rings is 1. The molecule has 3 rings (SSSR count). The van der Waals surface area contributed by atoms with Gasteiger partial charge in [0.15, 0.2) is 5.52 Å². The molecule has 0 aliphatic heterocycles. The smallest absolute Gasteiger partial charge is 0.339 e. The summed E-state index contributed by atoms with van der Waals surface area (Å²) in [4.78, 5) is 36.3. The number of nitrogens with zero attached hydrogens (tertiary/aromatic N) is 4. The van der Waals surface area contributed by atoms with Gasteiger partial charge in [0.1, 0.15) is 11.3 Å².